The standard InChI is InChI=1S/C41H35N7O11/c1-58-34-29(18-16-27(32(34)49)38(53)47-30-19-17-28(40(55)56)33(50)35(30)59-2)46-36(51)22-8-12-25(13-9-22)43-39(54)31(20-21-42)48-37(52)23-10-14-26(15-11-23)45-41(57)44-24-6-4-3-5-7-24/h3-19,31,49-50H,20H2,1-2H3,(H,43,54)(H,46,51)(H,47,53)(H,48,52)(H,55,56)(H2,44,45,57)/t31-/m0/s1. The van der Waals surface area contributed by atoms with Crippen molar-refractivity contribution >= 4 is 64.1 Å². The summed E-state index contributed by atoms with van der Waals surface area (Å²) in [6, 6.07) is 25.1. The number of carbonyl (C=O) groups is 6. The molecule has 0 fully saturated rings. The molecule has 0 aromatic heterocycles. The summed E-state index contributed by atoms with van der Waals surface area (Å²) >= 11 is 0. The summed E-state index contributed by atoms with van der Waals surface area (Å²) in [4.78, 5) is 76.0. The summed E-state index contributed by atoms with van der Waals surface area (Å²) in [7, 11) is 2.35. The van der Waals surface area contributed by atoms with Crippen LogP contribution in [-0.2, 0) is 4.79 Å². The fourth-order valence-electron chi connectivity index (χ4n) is 5.49. The van der Waals surface area contributed by atoms with Gasteiger partial charge in [0.05, 0.1) is 43.6 Å². The van der Waals surface area contributed by atoms with E-state index in [1.165, 1.54) is 73.8 Å². The number of nitriles is 1. The van der Waals surface area contributed by atoms with Gasteiger partial charge in [0.1, 0.15) is 11.6 Å². The van der Waals surface area contributed by atoms with Gasteiger partial charge < -0.3 is 56.7 Å². The van der Waals surface area contributed by atoms with Crippen molar-refractivity contribution in [1.82, 2.24) is 5.32 Å². The molecule has 1 atom stereocenters. The number of anilines is 5. The highest BCUT2D eigenvalue weighted by molar-refractivity contribution is 6.10. The number of hydrogen-bond donors (Lipinski definition) is 9. The average molecular weight is 802 g/mol. The summed E-state index contributed by atoms with van der Waals surface area (Å²) < 4.78 is 10.3. The van der Waals surface area contributed by atoms with Crippen LogP contribution in [0.1, 0.15) is 47.9 Å². The number of aromatic hydroxyl groups is 2. The molecule has 0 bridgehead atoms. The van der Waals surface area contributed by atoms with E-state index in [4.69, 9.17) is 9.47 Å². The Kier molecular flexibility index (Phi) is 13.3. The summed E-state index contributed by atoms with van der Waals surface area (Å²) in [5, 5.41) is 55.2. The lowest BCUT2D eigenvalue weighted by Crippen LogP contribution is -2.43. The van der Waals surface area contributed by atoms with Crippen LogP contribution < -0.4 is 41.4 Å². The Labute approximate surface area is 335 Å². The summed E-state index contributed by atoms with van der Waals surface area (Å²) in [6.07, 6.45) is -0.357. The van der Waals surface area contributed by atoms with E-state index in [2.05, 4.69) is 31.9 Å². The lowest BCUT2D eigenvalue weighted by Gasteiger charge is -2.17. The number of hydrogen-bond acceptors (Lipinski definition) is 11. The van der Waals surface area contributed by atoms with Gasteiger partial charge in [0, 0.05) is 28.2 Å². The van der Waals surface area contributed by atoms with Gasteiger partial charge in [0.2, 0.25) is 5.91 Å². The van der Waals surface area contributed by atoms with Gasteiger partial charge in [-0.2, -0.15) is 5.26 Å². The van der Waals surface area contributed by atoms with Gasteiger partial charge in [-0.3, -0.25) is 19.2 Å². The number of benzene rings is 5. The van der Waals surface area contributed by atoms with Gasteiger partial charge in [-0.15, -0.1) is 0 Å². The van der Waals surface area contributed by atoms with Crippen LogP contribution in [0.3, 0.4) is 0 Å². The maximum absolute atomic E-state index is 13.2. The van der Waals surface area contributed by atoms with E-state index in [-0.39, 0.29) is 51.7 Å². The number of ether oxygens (including phenoxy) is 2. The van der Waals surface area contributed by atoms with Gasteiger partial charge in [0.25, 0.3) is 17.7 Å². The van der Waals surface area contributed by atoms with E-state index < -0.39 is 58.7 Å². The quantitative estimate of drug-likeness (QED) is 0.0663. The Morgan fingerprint density at radius 2 is 1.07 bits per heavy atom. The van der Waals surface area contributed by atoms with Crippen molar-refractivity contribution in [2.24, 2.45) is 0 Å². The van der Waals surface area contributed by atoms with Crippen LogP contribution in [0.4, 0.5) is 33.2 Å². The van der Waals surface area contributed by atoms with E-state index in [0.717, 1.165) is 13.2 Å². The number of para-hydroxylation sites is 1. The van der Waals surface area contributed by atoms with Crippen molar-refractivity contribution in [2.45, 2.75) is 12.5 Å². The molecule has 59 heavy (non-hydrogen) atoms. The van der Waals surface area contributed by atoms with Crippen LogP contribution in [0, 0.1) is 11.3 Å². The molecule has 5 aromatic carbocycles. The van der Waals surface area contributed by atoms with Crippen LogP contribution >= 0.6 is 0 Å². The Bertz CT molecular complexity index is 2450. The summed E-state index contributed by atoms with van der Waals surface area (Å²) in [6.45, 7) is 0. The summed E-state index contributed by atoms with van der Waals surface area (Å²) in [5.41, 5.74) is 0.643. The topological polar surface area (TPSA) is 278 Å². The molecule has 300 valence electrons. The second kappa shape index (κ2) is 18.8. The monoisotopic (exact) mass is 801 g/mol. The molecule has 0 spiro atoms. The predicted octanol–water partition coefficient (Wildman–Crippen LogP) is 5.61. The molecule has 6 amide bonds. The normalized spacial score (nSPS) is 10.8. The minimum Gasteiger partial charge on any atom is -0.504 e. The fourth-order valence-corrected chi connectivity index (χ4v) is 5.49. The first-order chi connectivity index (χ1) is 28.3. The van der Waals surface area contributed by atoms with E-state index in [0.29, 0.717) is 11.4 Å². The predicted molar refractivity (Wildman–Crippen MR) is 214 cm³/mol. The zero-order valence-electron chi connectivity index (χ0n) is 31.2. The van der Waals surface area contributed by atoms with E-state index in [1.807, 2.05) is 12.1 Å². The molecule has 0 aliphatic heterocycles. The van der Waals surface area contributed by atoms with Crippen LogP contribution in [0.25, 0.3) is 0 Å². The number of carbonyl (C=O) groups excluding carboxylic acids is 5. The number of urea groups is 1. The number of rotatable bonds is 14. The second-order valence-electron chi connectivity index (χ2n) is 12.3. The number of carboxylic acid groups (broad SMARTS) is 1. The highest BCUT2D eigenvalue weighted by Crippen LogP contribution is 2.40. The van der Waals surface area contributed by atoms with Crippen molar-refractivity contribution in [3.8, 4) is 29.1 Å². The molecule has 5 aromatic rings. The Hall–Kier alpha value is -8.59. The van der Waals surface area contributed by atoms with E-state index in [1.54, 1.807) is 24.3 Å². The molecule has 0 heterocycles. The second-order valence-corrected chi connectivity index (χ2v) is 12.3. The third-order valence-corrected chi connectivity index (χ3v) is 8.41. The highest BCUT2D eigenvalue weighted by Gasteiger charge is 2.25. The molecule has 0 unspecified atom stereocenters. The minimum absolute atomic E-state index is 0.0143. The molecule has 5 rings (SSSR count). The zero-order chi connectivity index (χ0) is 42.6. The van der Waals surface area contributed by atoms with E-state index >= 15 is 0 Å². The molecule has 0 aliphatic rings. The molecule has 0 saturated carbocycles. The maximum atomic E-state index is 13.2. The van der Waals surface area contributed by atoms with Crippen molar-refractivity contribution < 1.29 is 53.6 Å². The Balaban J connectivity index is 1.18. The van der Waals surface area contributed by atoms with Crippen LogP contribution in [0.2, 0.25) is 0 Å². The number of nitrogens with zero attached hydrogens (tertiary/aromatic N) is 1. The number of phenols is 2. The van der Waals surface area contributed by atoms with Crippen molar-refractivity contribution in [1.29, 1.82) is 5.26 Å². The van der Waals surface area contributed by atoms with Crippen molar-refractivity contribution in [3.05, 3.63) is 125 Å². The van der Waals surface area contributed by atoms with Gasteiger partial charge in [0.15, 0.2) is 23.0 Å². The third-order valence-electron chi connectivity index (χ3n) is 8.41. The van der Waals surface area contributed by atoms with Crippen LogP contribution in [0.15, 0.2) is 103 Å². The van der Waals surface area contributed by atoms with Gasteiger partial charge >= 0.3 is 12.0 Å². The van der Waals surface area contributed by atoms with Crippen LogP contribution in [-0.4, -0.2) is 71.2 Å². The fraction of sp³-hybridized carbons (Fsp3) is 0.0976. The number of phenolic OH excluding ortho intramolecular Hbond substituents is 1. The molecule has 0 radical (unpaired) electrons. The van der Waals surface area contributed by atoms with Gasteiger partial charge in [-0.1, -0.05) is 18.2 Å². The molecular formula is C41H35N7O11. The molecule has 9 N–H and O–H groups in total. The lowest BCUT2D eigenvalue weighted by atomic mass is 10.1. The number of methoxy groups -OCH3 is 2. The molecule has 18 nitrogen and oxygen atoms in total. The minimum atomic E-state index is -1.42. The highest BCUT2D eigenvalue weighted by atomic mass is 16.5. The van der Waals surface area contributed by atoms with Crippen molar-refractivity contribution in [3.63, 3.8) is 0 Å². The first kappa shape index (κ1) is 41.6. The van der Waals surface area contributed by atoms with Crippen molar-refractivity contribution in [2.75, 3.05) is 40.8 Å². The van der Waals surface area contributed by atoms with Gasteiger partial charge in [-0.05, 0) is 84.9 Å². The Morgan fingerprint density at radius 3 is 1.59 bits per heavy atom. The number of amides is 6. The maximum Gasteiger partial charge on any atom is 0.339 e. The molecule has 0 aliphatic carbocycles. The number of aromatic carboxylic acids is 1. The summed E-state index contributed by atoms with van der Waals surface area (Å²) in [5.74, 6) is -6.28. The average Bonchev–Trinajstić information content (AvgIpc) is 3.21. The van der Waals surface area contributed by atoms with E-state index in [9.17, 15) is 49.3 Å². The zero-order valence-corrected chi connectivity index (χ0v) is 31.2. The number of nitrogens with one attached hydrogen (secondary N) is 6. The lowest BCUT2D eigenvalue weighted by molar-refractivity contribution is -0.117. The molecular weight excluding hydrogens is 766 g/mol. The Morgan fingerprint density at radius 1 is 0.593 bits per heavy atom. The van der Waals surface area contributed by atoms with Crippen LogP contribution in [0.5, 0.6) is 23.0 Å². The molecule has 18 heteroatoms. The molecule has 0 saturated heterocycles. The first-order valence-corrected chi connectivity index (χ1v) is 17.3. The third kappa shape index (κ3) is 10.2. The first-order valence-electron chi connectivity index (χ1n) is 17.3. The SMILES string of the molecule is COc1c(NC(=O)c2ccc(NC(=O)c3ccc(NC(=O)[C@H](CC#N)NC(=O)c4ccc(NC(=O)Nc5ccccc5)cc4)cc3)c(OC)c2O)ccc(C(=O)O)c1O. The largest absolute Gasteiger partial charge is 0.504 e. The smallest absolute Gasteiger partial charge is 0.339 e. The van der Waals surface area contributed by atoms with Gasteiger partial charge in [-0.25, -0.2) is 9.59 Å². The number of carboxylic acids is 1.